The molecule has 10 heteroatoms. The Morgan fingerprint density at radius 3 is 2.58 bits per heavy atom. The van der Waals surface area contributed by atoms with Crippen LogP contribution in [-0.2, 0) is 9.84 Å². The summed E-state index contributed by atoms with van der Waals surface area (Å²) in [6.45, 7) is 0.440. The number of nitrogens with one attached hydrogen (secondary N) is 1. The molecule has 1 fully saturated rings. The van der Waals surface area contributed by atoms with E-state index in [1.165, 1.54) is 24.1 Å². The Bertz CT molecular complexity index is 1250. The Kier molecular flexibility index (Phi) is 4.58. The van der Waals surface area contributed by atoms with Crippen molar-refractivity contribution in [1.82, 2.24) is 15.1 Å². The second-order valence-electron chi connectivity index (χ2n) is 7.29. The minimum atomic E-state index is -3.52. The van der Waals surface area contributed by atoms with E-state index < -0.39 is 15.1 Å². The van der Waals surface area contributed by atoms with Crippen LogP contribution in [0.5, 0.6) is 17.2 Å². The van der Waals surface area contributed by atoms with Crippen molar-refractivity contribution in [1.29, 1.82) is 0 Å². The quantitative estimate of drug-likeness (QED) is 0.646. The molecule has 31 heavy (non-hydrogen) atoms. The molecule has 9 nitrogen and oxygen atoms in total. The van der Waals surface area contributed by atoms with Crippen LogP contribution < -0.4 is 14.2 Å². The number of hydrogen-bond donors (Lipinski definition) is 1. The second-order valence-corrected chi connectivity index (χ2v) is 9.52. The van der Waals surface area contributed by atoms with Crippen LogP contribution in [-0.4, -0.2) is 61.7 Å². The van der Waals surface area contributed by atoms with E-state index in [9.17, 15) is 13.2 Å². The van der Waals surface area contributed by atoms with Crippen LogP contribution in [0.4, 0.5) is 0 Å². The van der Waals surface area contributed by atoms with E-state index in [4.69, 9.17) is 14.2 Å². The normalized spacial score (nSPS) is 15.6. The summed E-state index contributed by atoms with van der Waals surface area (Å²) in [7, 11) is -2.00. The number of carbonyl (C=O) groups is 1. The van der Waals surface area contributed by atoms with Gasteiger partial charge >= 0.3 is 0 Å². The Labute approximate surface area is 178 Å². The van der Waals surface area contributed by atoms with Crippen molar-refractivity contribution in [2.24, 2.45) is 0 Å². The molecular weight excluding hydrogens is 422 g/mol. The van der Waals surface area contributed by atoms with E-state index in [-0.39, 0.29) is 30.7 Å². The maximum atomic E-state index is 12.8. The molecule has 0 bridgehead atoms. The number of nitrogens with zero attached hydrogens (tertiary/aromatic N) is 2. The predicted octanol–water partition coefficient (Wildman–Crippen LogP) is 2.11. The highest BCUT2D eigenvalue weighted by molar-refractivity contribution is 7.92. The Hall–Kier alpha value is -3.53. The van der Waals surface area contributed by atoms with Crippen LogP contribution in [0, 0.1) is 0 Å². The van der Waals surface area contributed by atoms with Gasteiger partial charge < -0.3 is 19.1 Å². The van der Waals surface area contributed by atoms with Crippen molar-refractivity contribution < 1.29 is 27.4 Å². The highest BCUT2D eigenvalue weighted by Gasteiger charge is 2.41. The molecule has 1 saturated heterocycles. The van der Waals surface area contributed by atoms with E-state index in [0.717, 1.165) is 5.56 Å². The maximum absolute atomic E-state index is 12.8. The van der Waals surface area contributed by atoms with Crippen molar-refractivity contribution in [3.63, 3.8) is 0 Å². The number of ether oxygens (including phenoxy) is 3. The first-order valence-corrected chi connectivity index (χ1v) is 11.1. The van der Waals surface area contributed by atoms with Crippen molar-refractivity contribution in [3.8, 4) is 28.5 Å². The number of carbonyl (C=O) groups excluding carboxylic acids is 1. The fourth-order valence-corrected chi connectivity index (χ4v) is 5.22. The number of hydrogen-bond acceptors (Lipinski definition) is 7. The van der Waals surface area contributed by atoms with Gasteiger partial charge in [-0.3, -0.25) is 9.89 Å². The van der Waals surface area contributed by atoms with Gasteiger partial charge in [-0.1, -0.05) is 0 Å². The highest BCUT2D eigenvalue weighted by atomic mass is 32.2. The van der Waals surface area contributed by atoms with E-state index in [1.54, 1.807) is 30.3 Å². The second kappa shape index (κ2) is 7.31. The van der Waals surface area contributed by atoms with E-state index >= 15 is 0 Å². The zero-order valence-electron chi connectivity index (χ0n) is 16.6. The van der Waals surface area contributed by atoms with E-state index in [1.807, 2.05) is 6.07 Å². The molecule has 0 aliphatic carbocycles. The molecule has 0 saturated carbocycles. The number of amides is 1. The van der Waals surface area contributed by atoms with Gasteiger partial charge in [-0.05, 0) is 48.5 Å². The smallest absolute Gasteiger partial charge is 0.271 e. The van der Waals surface area contributed by atoms with E-state index in [0.29, 0.717) is 28.6 Å². The number of benzene rings is 2. The maximum Gasteiger partial charge on any atom is 0.271 e. The zero-order valence-corrected chi connectivity index (χ0v) is 17.4. The molecule has 0 unspecified atom stereocenters. The topological polar surface area (TPSA) is 111 Å². The van der Waals surface area contributed by atoms with Crippen LogP contribution >= 0.6 is 0 Å². The summed E-state index contributed by atoms with van der Waals surface area (Å²) in [6.07, 6.45) is 0. The van der Waals surface area contributed by atoms with Gasteiger partial charge in [-0.15, -0.1) is 0 Å². The molecular formula is C21H19N3O6S. The van der Waals surface area contributed by atoms with Crippen molar-refractivity contribution >= 4 is 15.7 Å². The highest BCUT2D eigenvalue weighted by Crippen LogP contribution is 2.35. The summed E-state index contributed by atoms with van der Waals surface area (Å²) in [5.41, 5.74) is 1.67. The van der Waals surface area contributed by atoms with Crippen LogP contribution in [0.2, 0.25) is 0 Å². The molecule has 1 aromatic heterocycles. The number of sulfone groups is 1. The lowest BCUT2D eigenvalue weighted by Crippen LogP contribution is -2.56. The SMILES string of the molecule is COc1ccc(S(=O)(=O)C2CN(C(=O)c3cc(-c4ccc5c(c4)OCO5)n[nH]3)C2)cc1. The number of H-pyrrole nitrogens is 1. The zero-order chi connectivity index (χ0) is 21.6. The van der Waals surface area contributed by atoms with Crippen LogP contribution in [0.15, 0.2) is 53.4 Å². The first-order valence-electron chi connectivity index (χ1n) is 9.58. The van der Waals surface area contributed by atoms with Crippen molar-refractivity contribution in [3.05, 3.63) is 54.2 Å². The van der Waals surface area contributed by atoms with Gasteiger partial charge in [0.1, 0.15) is 16.7 Å². The number of methoxy groups -OCH3 is 1. The molecule has 1 amide bonds. The minimum absolute atomic E-state index is 0.131. The third-order valence-corrected chi connectivity index (χ3v) is 7.54. The number of likely N-dealkylation sites (tertiary alicyclic amines) is 1. The molecule has 0 spiro atoms. The third-order valence-electron chi connectivity index (χ3n) is 5.44. The number of aromatic nitrogens is 2. The van der Waals surface area contributed by atoms with Gasteiger partial charge in [0.25, 0.3) is 5.91 Å². The summed E-state index contributed by atoms with van der Waals surface area (Å²) in [5, 5.41) is 6.31. The molecule has 0 radical (unpaired) electrons. The molecule has 160 valence electrons. The Morgan fingerprint density at radius 2 is 1.84 bits per heavy atom. The van der Waals surface area contributed by atoms with Crippen molar-refractivity contribution in [2.75, 3.05) is 27.0 Å². The predicted molar refractivity (Wildman–Crippen MR) is 110 cm³/mol. The number of aromatic amines is 1. The monoisotopic (exact) mass is 441 g/mol. The molecule has 2 aliphatic heterocycles. The molecule has 5 rings (SSSR count). The van der Waals surface area contributed by atoms with Gasteiger partial charge in [0.2, 0.25) is 6.79 Å². The fourth-order valence-electron chi connectivity index (χ4n) is 3.56. The Morgan fingerprint density at radius 1 is 1.10 bits per heavy atom. The average molecular weight is 441 g/mol. The lowest BCUT2D eigenvalue weighted by Gasteiger charge is -2.38. The summed E-state index contributed by atoms with van der Waals surface area (Å²) in [6, 6.07) is 13.3. The summed E-state index contributed by atoms with van der Waals surface area (Å²) >= 11 is 0. The van der Waals surface area contributed by atoms with Crippen molar-refractivity contribution in [2.45, 2.75) is 10.1 Å². The summed E-state index contributed by atoms with van der Waals surface area (Å²) in [5.74, 6) is 1.59. The van der Waals surface area contributed by atoms with Crippen LogP contribution in [0.1, 0.15) is 10.5 Å². The number of fused-ring (bicyclic) bond motifs is 1. The minimum Gasteiger partial charge on any atom is -0.497 e. The standard InChI is InChI=1S/C21H19N3O6S/c1-28-14-3-5-15(6-4-14)31(26,27)16-10-24(11-16)21(25)18-9-17(22-23-18)13-2-7-19-20(8-13)30-12-29-19/h2-9,16H,10-12H2,1H3,(H,22,23). The van der Waals surface area contributed by atoms with Gasteiger partial charge in [-0.2, -0.15) is 5.10 Å². The van der Waals surface area contributed by atoms with E-state index in [2.05, 4.69) is 10.2 Å². The van der Waals surface area contributed by atoms with Gasteiger partial charge in [0, 0.05) is 18.7 Å². The molecule has 3 heterocycles. The molecule has 2 aliphatic rings. The largest absolute Gasteiger partial charge is 0.497 e. The van der Waals surface area contributed by atoms with Gasteiger partial charge in [0.05, 0.1) is 17.7 Å². The van der Waals surface area contributed by atoms with Crippen LogP contribution in [0.3, 0.4) is 0 Å². The number of rotatable bonds is 5. The van der Waals surface area contributed by atoms with Gasteiger partial charge in [0.15, 0.2) is 21.3 Å². The third kappa shape index (κ3) is 3.38. The average Bonchev–Trinajstić information content (AvgIpc) is 3.41. The lowest BCUT2D eigenvalue weighted by molar-refractivity contribution is 0.0652. The molecule has 2 aromatic carbocycles. The fraction of sp³-hybridized carbons (Fsp3) is 0.238. The van der Waals surface area contributed by atoms with Crippen LogP contribution in [0.25, 0.3) is 11.3 Å². The summed E-state index contributed by atoms with van der Waals surface area (Å²) in [4.78, 5) is 14.5. The summed E-state index contributed by atoms with van der Waals surface area (Å²) < 4.78 is 41.3. The molecule has 1 N–H and O–H groups in total. The molecule has 3 aromatic rings. The lowest BCUT2D eigenvalue weighted by atomic mass is 10.1. The van der Waals surface area contributed by atoms with Gasteiger partial charge in [-0.25, -0.2) is 8.42 Å². The molecule has 0 atom stereocenters. The Balaban J connectivity index is 1.26. The first-order chi connectivity index (χ1) is 15.0. The first kappa shape index (κ1) is 19.4.